The lowest BCUT2D eigenvalue weighted by Gasteiger charge is -2.07. The summed E-state index contributed by atoms with van der Waals surface area (Å²) in [5.74, 6) is 0.937. The Morgan fingerprint density at radius 3 is 2.31 bits per heavy atom. The maximum Gasteiger partial charge on any atom is 0.162 e. The number of ether oxygens (including phenoxy) is 1. The largest absolute Gasteiger partial charge is 0.489 e. The van der Waals surface area contributed by atoms with Crippen molar-refractivity contribution in [2.24, 2.45) is 0 Å². The van der Waals surface area contributed by atoms with E-state index in [4.69, 9.17) is 4.74 Å². The molecule has 0 aliphatic carbocycles. The molecule has 0 radical (unpaired) electrons. The Balaban J connectivity index is 2.58. The second kappa shape index (κ2) is 6.11. The first kappa shape index (κ1) is 12.5. The molecule has 0 atom stereocenters. The Morgan fingerprint density at radius 1 is 1.19 bits per heavy atom. The van der Waals surface area contributed by atoms with E-state index >= 15 is 0 Å². The lowest BCUT2D eigenvalue weighted by atomic mass is 10.1. The molecule has 2 heteroatoms. The van der Waals surface area contributed by atoms with E-state index in [0.29, 0.717) is 13.0 Å². The summed E-state index contributed by atoms with van der Waals surface area (Å²) in [6.45, 7) is 8.32. The zero-order valence-electron chi connectivity index (χ0n) is 9.95. The summed E-state index contributed by atoms with van der Waals surface area (Å²) in [5.41, 5.74) is 1.80. The molecule has 0 saturated carbocycles. The summed E-state index contributed by atoms with van der Waals surface area (Å²) in [5, 5.41) is 0. The Morgan fingerprint density at radius 2 is 1.81 bits per heavy atom. The summed E-state index contributed by atoms with van der Waals surface area (Å²) >= 11 is 0. The molecule has 0 amide bonds. The fraction of sp³-hybridized carbons (Fsp3) is 0.357. The van der Waals surface area contributed by atoms with Gasteiger partial charge in [-0.3, -0.25) is 4.79 Å². The Kier molecular flexibility index (Phi) is 4.77. The smallest absolute Gasteiger partial charge is 0.162 e. The number of hydrogen-bond acceptors (Lipinski definition) is 2. The number of carbonyl (C=O) groups is 1. The van der Waals surface area contributed by atoms with Gasteiger partial charge in [-0.15, -0.1) is 0 Å². The van der Waals surface area contributed by atoms with Gasteiger partial charge in [-0.05, 0) is 36.3 Å². The molecule has 16 heavy (non-hydrogen) atoms. The number of benzene rings is 1. The van der Waals surface area contributed by atoms with Crippen LogP contribution in [0.15, 0.2) is 36.4 Å². The molecular formula is C14H18O2. The molecule has 0 aliphatic heterocycles. The maximum atomic E-state index is 11.4. The van der Waals surface area contributed by atoms with Gasteiger partial charge in [0, 0.05) is 12.0 Å². The highest BCUT2D eigenvalue weighted by atomic mass is 16.5. The second-order valence-corrected chi connectivity index (χ2v) is 3.69. The number of hydrogen-bond donors (Lipinski definition) is 0. The van der Waals surface area contributed by atoms with Crippen molar-refractivity contribution >= 4 is 5.78 Å². The average molecular weight is 218 g/mol. The van der Waals surface area contributed by atoms with Crippen LogP contribution in [0.25, 0.3) is 0 Å². The molecule has 1 aromatic carbocycles. The van der Waals surface area contributed by atoms with Crippen molar-refractivity contribution < 1.29 is 9.53 Å². The lowest BCUT2D eigenvalue weighted by Crippen LogP contribution is -2.00. The van der Waals surface area contributed by atoms with Crippen LogP contribution >= 0.6 is 0 Å². The minimum atomic E-state index is 0.157. The predicted molar refractivity (Wildman–Crippen MR) is 66.0 cm³/mol. The normalized spacial score (nSPS) is 9.88. The van der Waals surface area contributed by atoms with Crippen LogP contribution in [-0.2, 0) is 0 Å². The predicted octanol–water partition coefficient (Wildman–Crippen LogP) is 3.62. The molecule has 0 aliphatic rings. The van der Waals surface area contributed by atoms with E-state index in [9.17, 15) is 4.79 Å². The van der Waals surface area contributed by atoms with E-state index in [1.807, 2.05) is 19.1 Å². The first-order chi connectivity index (χ1) is 7.67. The Bertz CT molecular complexity index is 363. The Hall–Kier alpha value is -1.57. The van der Waals surface area contributed by atoms with Gasteiger partial charge in [0.15, 0.2) is 5.78 Å². The number of rotatable bonds is 6. The quantitative estimate of drug-likeness (QED) is 0.538. The van der Waals surface area contributed by atoms with Gasteiger partial charge < -0.3 is 4.74 Å². The monoisotopic (exact) mass is 218 g/mol. The third kappa shape index (κ3) is 3.54. The maximum absolute atomic E-state index is 11.4. The SMILES string of the molecule is C=C(CC)COc1ccc(C(=O)CC)cc1. The lowest BCUT2D eigenvalue weighted by molar-refractivity contribution is 0.0988. The Labute approximate surface area is 96.9 Å². The van der Waals surface area contributed by atoms with E-state index in [1.54, 1.807) is 12.1 Å². The summed E-state index contributed by atoms with van der Waals surface area (Å²) in [4.78, 5) is 11.4. The number of ketones is 1. The summed E-state index contributed by atoms with van der Waals surface area (Å²) in [6.07, 6.45) is 1.46. The molecule has 2 nitrogen and oxygen atoms in total. The van der Waals surface area contributed by atoms with Crippen LogP contribution in [0.2, 0.25) is 0 Å². The summed E-state index contributed by atoms with van der Waals surface area (Å²) in [7, 11) is 0. The molecule has 1 aromatic rings. The van der Waals surface area contributed by atoms with E-state index in [-0.39, 0.29) is 5.78 Å². The van der Waals surface area contributed by atoms with Gasteiger partial charge in [0.1, 0.15) is 12.4 Å². The van der Waals surface area contributed by atoms with E-state index in [2.05, 4.69) is 13.5 Å². The second-order valence-electron chi connectivity index (χ2n) is 3.69. The molecule has 0 unspecified atom stereocenters. The zero-order chi connectivity index (χ0) is 12.0. The van der Waals surface area contributed by atoms with Crippen molar-refractivity contribution in [2.75, 3.05) is 6.61 Å². The third-order valence-corrected chi connectivity index (χ3v) is 2.44. The van der Waals surface area contributed by atoms with Crippen molar-refractivity contribution in [2.45, 2.75) is 26.7 Å². The molecule has 0 fully saturated rings. The first-order valence-electron chi connectivity index (χ1n) is 5.60. The minimum Gasteiger partial charge on any atom is -0.489 e. The standard InChI is InChI=1S/C14H18O2/c1-4-11(3)10-16-13-8-6-12(7-9-13)14(15)5-2/h6-9H,3-5,10H2,1-2H3. The topological polar surface area (TPSA) is 26.3 Å². The van der Waals surface area contributed by atoms with Gasteiger partial charge in [-0.25, -0.2) is 0 Å². The van der Waals surface area contributed by atoms with Gasteiger partial charge in [-0.1, -0.05) is 20.4 Å². The highest BCUT2D eigenvalue weighted by molar-refractivity contribution is 5.95. The van der Waals surface area contributed by atoms with E-state index in [1.165, 1.54) is 0 Å². The molecular weight excluding hydrogens is 200 g/mol. The first-order valence-corrected chi connectivity index (χ1v) is 5.60. The van der Waals surface area contributed by atoms with Crippen molar-refractivity contribution in [1.82, 2.24) is 0 Å². The molecule has 86 valence electrons. The van der Waals surface area contributed by atoms with Crippen LogP contribution in [0, 0.1) is 0 Å². The molecule has 0 saturated heterocycles. The molecule has 0 N–H and O–H groups in total. The van der Waals surface area contributed by atoms with Gasteiger partial charge in [0.25, 0.3) is 0 Å². The molecule has 0 spiro atoms. The van der Waals surface area contributed by atoms with E-state index in [0.717, 1.165) is 23.3 Å². The minimum absolute atomic E-state index is 0.157. The van der Waals surface area contributed by atoms with Gasteiger partial charge >= 0.3 is 0 Å². The molecule has 1 rings (SSSR count). The van der Waals surface area contributed by atoms with Crippen LogP contribution in [0.1, 0.15) is 37.0 Å². The van der Waals surface area contributed by atoms with Crippen LogP contribution in [0.3, 0.4) is 0 Å². The van der Waals surface area contributed by atoms with Crippen molar-refractivity contribution in [3.8, 4) is 5.75 Å². The van der Waals surface area contributed by atoms with Crippen LogP contribution in [0.5, 0.6) is 5.75 Å². The third-order valence-electron chi connectivity index (χ3n) is 2.44. The molecule has 0 aromatic heterocycles. The fourth-order valence-corrected chi connectivity index (χ4v) is 1.23. The van der Waals surface area contributed by atoms with Crippen molar-refractivity contribution in [3.63, 3.8) is 0 Å². The van der Waals surface area contributed by atoms with Crippen LogP contribution in [-0.4, -0.2) is 12.4 Å². The summed E-state index contributed by atoms with van der Waals surface area (Å²) < 4.78 is 5.52. The zero-order valence-corrected chi connectivity index (χ0v) is 9.95. The summed E-state index contributed by atoms with van der Waals surface area (Å²) in [6, 6.07) is 7.25. The number of carbonyl (C=O) groups excluding carboxylic acids is 1. The highest BCUT2D eigenvalue weighted by Crippen LogP contribution is 2.14. The molecule has 0 heterocycles. The highest BCUT2D eigenvalue weighted by Gasteiger charge is 2.02. The molecule has 0 bridgehead atoms. The van der Waals surface area contributed by atoms with Crippen LogP contribution in [0.4, 0.5) is 0 Å². The number of Topliss-reactive ketones (excluding diaryl/α,β-unsaturated/α-hetero) is 1. The van der Waals surface area contributed by atoms with Crippen LogP contribution < -0.4 is 4.74 Å². The van der Waals surface area contributed by atoms with E-state index < -0.39 is 0 Å². The fourth-order valence-electron chi connectivity index (χ4n) is 1.23. The van der Waals surface area contributed by atoms with Crippen molar-refractivity contribution in [3.05, 3.63) is 42.0 Å². The van der Waals surface area contributed by atoms with Gasteiger partial charge in [0.05, 0.1) is 0 Å². The van der Waals surface area contributed by atoms with Gasteiger partial charge in [0.2, 0.25) is 0 Å². The van der Waals surface area contributed by atoms with Gasteiger partial charge in [-0.2, -0.15) is 0 Å². The average Bonchev–Trinajstić information content (AvgIpc) is 2.35. The van der Waals surface area contributed by atoms with Crippen molar-refractivity contribution in [1.29, 1.82) is 0 Å².